The maximum atomic E-state index is 12.5. The number of rotatable bonds is 8. The zero-order valence-electron chi connectivity index (χ0n) is 13.0. The van der Waals surface area contributed by atoms with Crippen LogP contribution < -0.4 is 5.32 Å². The molecule has 0 unspecified atom stereocenters. The Bertz CT molecular complexity index is 536. The van der Waals surface area contributed by atoms with Crippen molar-refractivity contribution in [3.05, 3.63) is 35.4 Å². The highest BCUT2D eigenvalue weighted by atomic mass is 32.2. The summed E-state index contributed by atoms with van der Waals surface area (Å²) in [5.74, 6) is 0.672. The van der Waals surface area contributed by atoms with E-state index in [0.717, 1.165) is 12.1 Å². The fourth-order valence-electron chi connectivity index (χ4n) is 2.66. The average Bonchev–Trinajstić information content (AvgIpc) is 2.39. The molecule has 1 saturated carbocycles. The molecule has 1 aliphatic carbocycles. The zero-order chi connectivity index (χ0) is 15.3. The molecule has 21 heavy (non-hydrogen) atoms. The third-order valence-corrected chi connectivity index (χ3v) is 6.08. The molecule has 1 aliphatic rings. The summed E-state index contributed by atoms with van der Waals surface area (Å²) < 4.78 is 26.7. The summed E-state index contributed by atoms with van der Waals surface area (Å²) in [5.41, 5.74) is 2.03. The van der Waals surface area contributed by atoms with E-state index in [-0.39, 0.29) is 5.75 Å². The maximum Gasteiger partial charge on any atom is 0.218 e. The van der Waals surface area contributed by atoms with Gasteiger partial charge in [-0.15, -0.1) is 0 Å². The minimum atomic E-state index is -3.20. The summed E-state index contributed by atoms with van der Waals surface area (Å²) >= 11 is 0. The van der Waals surface area contributed by atoms with Crippen LogP contribution in [0.5, 0.6) is 0 Å². The molecule has 0 atom stereocenters. The molecule has 5 heteroatoms. The number of benzene rings is 1. The van der Waals surface area contributed by atoms with Crippen LogP contribution >= 0.6 is 0 Å². The first-order chi connectivity index (χ1) is 10.0. The molecule has 0 aliphatic heterocycles. The van der Waals surface area contributed by atoms with E-state index < -0.39 is 10.0 Å². The molecule has 0 radical (unpaired) electrons. The fourth-order valence-corrected chi connectivity index (χ4v) is 4.29. The number of nitrogens with zero attached hydrogens (tertiary/aromatic N) is 1. The van der Waals surface area contributed by atoms with Crippen molar-refractivity contribution in [3.63, 3.8) is 0 Å². The normalized spacial score (nSPS) is 16.1. The molecule has 0 amide bonds. The Morgan fingerprint density at radius 1 is 1.19 bits per heavy atom. The molecule has 1 N–H and O–H groups in total. The van der Waals surface area contributed by atoms with Gasteiger partial charge >= 0.3 is 0 Å². The van der Waals surface area contributed by atoms with Gasteiger partial charge < -0.3 is 5.32 Å². The van der Waals surface area contributed by atoms with Crippen molar-refractivity contribution < 1.29 is 8.42 Å². The van der Waals surface area contributed by atoms with Crippen LogP contribution in [0.3, 0.4) is 0 Å². The maximum absolute atomic E-state index is 12.5. The van der Waals surface area contributed by atoms with Crippen molar-refractivity contribution in [1.82, 2.24) is 9.62 Å². The fraction of sp³-hybridized carbons (Fsp3) is 0.625. The van der Waals surface area contributed by atoms with Crippen molar-refractivity contribution in [1.29, 1.82) is 0 Å². The molecule has 1 aromatic carbocycles. The van der Waals surface area contributed by atoms with Crippen LogP contribution in [0.4, 0.5) is 0 Å². The third kappa shape index (κ3) is 4.53. The Labute approximate surface area is 128 Å². The Morgan fingerprint density at radius 3 is 2.29 bits per heavy atom. The minimum Gasteiger partial charge on any atom is -0.316 e. The van der Waals surface area contributed by atoms with Gasteiger partial charge in [0.2, 0.25) is 10.0 Å². The van der Waals surface area contributed by atoms with Crippen LogP contribution in [0.2, 0.25) is 0 Å². The van der Waals surface area contributed by atoms with Gasteiger partial charge in [0.25, 0.3) is 0 Å². The van der Waals surface area contributed by atoms with E-state index in [9.17, 15) is 8.42 Å². The average molecular weight is 310 g/mol. The van der Waals surface area contributed by atoms with E-state index in [4.69, 9.17) is 0 Å². The molecular formula is C16H26N2O2S. The first kappa shape index (κ1) is 16.5. The lowest BCUT2D eigenvalue weighted by molar-refractivity contribution is 0.250. The monoisotopic (exact) mass is 310 g/mol. The summed E-state index contributed by atoms with van der Waals surface area (Å²) in [6, 6.07) is 7.82. The smallest absolute Gasteiger partial charge is 0.218 e. The van der Waals surface area contributed by atoms with Gasteiger partial charge in [0, 0.05) is 19.6 Å². The molecule has 4 nitrogen and oxygen atoms in total. The van der Waals surface area contributed by atoms with E-state index in [1.807, 2.05) is 38.2 Å². The highest BCUT2D eigenvalue weighted by Gasteiger charge is 2.27. The van der Waals surface area contributed by atoms with Crippen LogP contribution in [-0.2, 0) is 22.3 Å². The predicted molar refractivity (Wildman–Crippen MR) is 86.4 cm³/mol. The van der Waals surface area contributed by atoms with Gasteiger partial charge in [-0.05, 0) is 36.9 Å². The SMILES string of the molecule is CCN(CC1CCC1)S(=O)(=O)Cc1ccc(CNC)cc1. The highest BCUT2D eigenvalue weighted by molar-refractivity contribution is 7.88. The van der Waals surface area contributed by atoms with Crippen molar-refractivity contribution in [2.75, 3.05) is 20.1 Å². The van der Waals surface area contributed by atoms with E-state index in [1.165, 1.54) is 24.8 Å². The largest absolute Gasteiger partial charge is 0.316 e. The van der Waals surface area contributed by atoms with Crippen LogP contribution in [0.15, 0.2) is 24.3 Å². The summed E-state index contributed by atoms with van der Waals surface area (Å²) in [7, 11) is -1.30. The summed E-state index contributed by atoms with van der Waals surface area (Å²) in [6.45, 7) is 3.98. The van der Waals surface area contributed by atoms with Gasteiger partial charge in [-0.25, -0.2) is 12.7 Å². The Balaban J connectivity index is 2.00. The molecule has 0 heterocycles. The summed E-state index contributed by atoms with van der Waals surface area (Å²) in [6.07, 6.45) is 3.59. The first-order valence-electron chi connectivity index (χ1n) is 7.75. The number of nitrogens with one attached hydrogen (secondary N) is 1. The van der Waals surface area contributed by atoms with Crippen molar-refractivity contribution >= 4 is 10.0 Å². The quantitative estimate of drug-likeness (QED) is 0.802. The van der Waals surface area contributed by atoms with E-state index in [2.05, 4.69) is 5.32 Å². The number of hydrogen-bond donors (Lipinski definition) is 1. The van der Waals surface area contributed by atoms with E-state index in [0.29, 0.717) is 19.0 Å². The van der Waals surface area contributed by atoms with Gasteiger partial charge in [0.1, 0.15) is 0 Å². The topological polar surface area (TPSA) is 49.4 Å². The molecule has 118 valence electrons. The second-order valence-electron chi connectivity index (χ2n) is 5.85. The van der Waals surface area contributed by atoms with Crippen LogP contribution in [0, 0.1) is 5.92 Å². The van der Waals surface area contributed by atoms with Gasteiger partial charge in [-0.2, -0.15) is 0 Å². The van der Waals surface area contributed by atoms with Crippen molar-refractivity contribution in [2.45, 2.75) is 38.5 Å². The van der Waals surface area contributed by atoms with Gasteiger partial charge in [0.05, 0.1) is 5.75 Å². The Hall–Kier alpha value is -0.910. The second kappa shape index (κ2) is 7.38. The van der Waals surface area contributed by atoms with Crippen LogP contribution in [0.1, 0.15) is 37.3 Å². The van der Waals surface area contributed by atoms with Crippen molar-refractivity contribution in [3.8, 4) is 0 Å². The van der Waals surface area contributed by atoms with E-state index >= 15 is 0 Å². The number of sulfonamides is 1. The molecular weight excluding hydrogens is 284 g/mol. The predicted octanol–water partition coefficient (Wildman–Crippen LogP) is 2.36. The lowest BCUT2D eigenvalue weighted by Gasteiger charge is -2.31. The molecule has 2 rings (SSSR count). The summed E-state index contributed by atoms with van der Waals surface area (Å²) in [5, 5.41) is 3.09. The van der Waals surface area contributed by atoms with Gasteiger partial charge in [-0.3, -0.25) is 0 Å². The van der Waals surface area contributed by atoms with Crippen LogP contribution in [-0.4, -0.2) is 32.9 Å². The zero-order valence-corrected chi connectivity index (χ0v) is 13.8. The molecule has 1 fully saturated rings. The second-order valence-corrected chi connectivity index (χ2v) is 7.82. The molecule has 0 spiro atoms. The highest BCUT2D eigenvalue weighted by Crippen LogP contribution is 2.28. The number of hydrogen-bond acceptors (Lipinski definition) is 3. The van der Waals surface area contributed by atoms with Gasteiger partial charge in [0.15, 0.2) is 0 Å². The molecule has 0 aromatic heterocycles. The molecule has 0 saturated heterocycles. The third-order valence-electron chi connectivity index (χ3n) is 4.19. The summed E-state index contributed by atoms with van der Waals surface area (Å²) in [4.78, 5) is 0. The minimum absolute atomic E-state index is 0.105. The van der Waals surface area contributed by atoms with Crippen LogP contribution in [0.25, 0.3) is 0 Å². The van der Waals surface area contributed by atoms with Crippen molar-refractivity contribution in [2.24, 2.45) is 5.92 Å². The van der Waals surface area contributed by atoms with Gasteiger partial charge in [-0.1, -0.05) is 37.6 Å². The Morgan fingerprint density at radius 2 is 1.81 bits per heavy atom. The molecule has 0 bridgehead atoms. The van der Waals surface area contributed by atoms with E-state index in [1.54, 1.807) is 4.31 Å². The lowest BCUT2D eigenvalue weighted by atomic mass is 9.85. The molecule has 1 aromatic rings. The Kier molecular flexibility index (Phi) is 5.79. The first-order valence-corrected chi connectivity index (χ1v) is 9.36. The lowest BCUT2D eigenvalue weighted by Crippen LogP contribution is -2.37. The standard InChI is InChI=1S/C16H26N2O2S/c1-3-18(12-15-5-4-6-15)21(19,20)13-16-9-7-14(8-10-16)11-17-2/h7-10,15,17H,3-6,11-13H2,1-2H3.